The second kappa shape index (κ2) is 7.77. The van der Waals surface area contributed by atoms with Crippen LogP contribution >= 0.6 is 0 Å². The molecule has 3 nitrogen and oxygen atoms in total. The van der Waals surface area contributed by atoms with Crippen LogP contribution in [-0.4, -0.2) is 49.8 Å². The van der Waals surface area contributed by atoms with E-state index in [1.165, 1.54) is 25.8 Å². The molecule has 2 fully saturated rings. The number of ether oxygens (including phenoxy) is 1. The summed E-state index contributed by atoms with van der Waals surface area (Å²) in [5.74, 6) is 2.58. The van der Waals surface area contributed by atoms with Crippen molar-refractivity contribution >= 4 is 0 Å². The SMILES string of the molecule is CCNC1CCC(C(C)C)CC1CN1CCOC(C)C1. The van der Waals surface area contributed by atoms with Crippen LogP contribution in [0.15, 0.2) is 0 Å². The lowest BCUT2D eigenvalue weighted by Crippen LogP contribution is -2.50. The first-order valence-corrected chi connectivity index (χ1v) is 8.67. The van der Waals surface area contributed by atoms with Crippen LogP contribution in [0.4, 0.5) is 0 Å². The van der Waals surface area contributed by atoms with E-state index in [0.717, 1.165) is 50.0 Å². The Morgan fingerprint density at radius 3 is 2.75 bits per heavy atom. The summed E-state index contributed by atoms with van der Waals surface area (Å²) in [6.07, 6.45) is 4.58. The van der Waals surface area contributed by atoms with E-state index < -0.39 is 0 Å². The molecule has 0 aromatic rings. The van der Waals surface area contributed by atoms with Gasteiger partial charge in [0.05, 0.1) is 12.7 Å². The number of hydrogen-bond donors (Lipinski definition) is 1. The molecule has 2 aliphatic rings. The Bertz CT molecular complexity index is 282. The third-order valence-electron chi connectivity index (χ3n) is 5.25. The lowest BCUT2D eigenvalue weighted by atomic mass is 9.73. The predicted molar refractivity (Wildman–Crippen MR) is 85.0 cm³/mol. The molecule has 118 valence electrons. The molecule has 1 aliphatic heterocycles. The molecule has 3 heteroatoms. The Morgan fingerprint density at radius 2 is 2.10 bits per heavy atom. The van der Waals surface area contributed by atoms with E-state index in [0.29, 0.717) is 6.10 Å². The quantitative estimate of drug-likeness (QED) is 0.839. The minimum absolute atomic E-state index is 0.408. The molecule has 1 aliphatic carbocycles. The lowest BCUT2D eigenvalue weighted by Gasteiger charge is -2.42. The summed E-state index contributed by atoms with van der Waals surface area (Å²) in [7, 11) is 0. The molecule has 1 saturated carbocycles. The summed E-state index contributed by atoms with van der Waals surface area (Å²) in [4.78, 5) is 2.63. The zero-order valence-electron chi connectivity index (χ0n) is 13.9. The Hall–Kier alpha value is -0.120. The molecule has 0 radical (unpaired) electrons. The zero-order chi connectivity index (χ0) is 14.5. The van der Waals surface area contributed by atoms with E-state index in [9.17, 15) is 0 Å². The fourth-order valence-corrected chi connectivity index (χ4v) is 4.03. The minimum atomic E-state index is 0.408. The van der Waals surface area contributed by atoms with Gasteiger partial charge in [0.1, 0.15) is 0 Å². The predicted octanol–water partition coefficient (Wildman–Crippen LogP) is 2.76. The highest BCUT2D eigenvalue weighted by Crippen LogP contribution is 2.34. The maximum Gasteiger partial charge on any atom is 0.0674 e. The van der Waals surface area contributed by atoms with Crippen molar-refractivity contribution in [1.29, 1.82) is 0 Å². The maximum absolute atomic E-state index is 5.67. The van der Waals surface area contributed by atoms with Crippen LogP contribution in [0, 0.1) is 17.8 Å². The van der Waals surface area contributed by atoms with Gasteiger partial charge < -0.3 is 10.1 Å². The zero-order valence-corrected chi connectivity index (χ0v) is 13.9. The Labute approximate surface area is 125 Å². The van der Waals surface area contributed by atoms with Crippen molar-refractivity contribution < 1.29 is 4.74 Å². The van der Waals surface area contributed by atoms with Crippen molar-refractivity contribution in [3.05, 3.63) is 0 Å². The lowest BCUT2D eigenvalue weighted by molar-refractivity contribution is -0.0287. The van der Waals surface area contributed by atoms with Gasteiger partial charge in [-0.15, -0.1) is 0 Å². The first-order valence-electron chi connectivity index (χ1n) is 8.67. The van der Waals surface area contributed by atoms with Gasteiger partial charge in [0.2, 0.25) is 0 Å². The van der Waals surface area contributed by atoms with Crippen molar-refractivity contribution in [3.8, 4) is 0 Å². The van der Waals surface area contributed by atoms with Crippen LogP contribution in [0.3, 0.4) is 0 Å². The third-order valence-corrected chi connectivity index (χ3v) is 5.25. The molecule has 1 saturated heterocycles. The summed E-state index contributed by atoms with van der Waals surface area (Å²) < 4.78 is 5.67. The molecule has 0 bridgehead atoms. The van der Waals surface area contributed by atoms with Gasteiger partial charge in [0.25, 0.3) is 0 Å². The summed E-state index contributed by atoms with van der Waals surface area (Å²) in [6.45, 7) is 14.7. The smallest absolute Gasteiger partial charge is 0.0674 e. The van der Waals surface area contributed by atoms with E-state index in [1.54, 1.807) is 0 Å². The monoisotopic (exact) mass is 282 g/mol. The second-order valence-corrected chi connectivity index (χ2v) is 7.18. The van der Waals surface area contributed by atoms with Gasteiger partial charge in [-0.1, -0.05) is 20.8 Å². The number of hydrogen-bond acceptors (Lipinski definition) is 3. The fourth-order valence-electron chi connectivity index (χ4n) is 4.03. The molecule has 2 rings (SSSR count). The standard InChI is InChI=1S/C17H34N2O/c1-5-18-17-7-6-15(13(2)3)10-16(17)12-19-8-9-20-14(4)11-19/h13-18H,5-12H2,1-4H3. The highest BCUT2D eigenvalue weighted by Gasteiger charge is 2.33. The highest BCUT2D eigenvalue weighted by atomic mass is 16.5. The molecular weight excluding hydrogens is 248 g/mol. The van der Waals surface area contributed by atoms with E-state index in [1.807, 2.05) is 0 Å². The average molecular weight is 282 g/mol. The summed E-state index contributed by atoms with van der Waals surface area (Å²) in [5, 5.41) is 3.74. The minimum Gasteiger partial charge on any atom is -0.376 e. The second-order valence-electron chi connectivity index (χ2n) is 7.18. The van der Waals surface area contributed by atoms with Gasteiger partial charge in [0.15, 0.2) is 0 Å². The molecule has 0 aromatic heterocycles. The highest BCUT2D eigenvalue weighted by molar-refractivity contribution is 4.88. The van der Waals surface area contributed by atoms with Crippen LogP contribution in [0.25, 0.3) is 0 Å². The van der Waals surface area contributed by atoms with E-state index in [-0.39, 0.29) is 0 Å². The first-order chi connectivity index (χ1) is 9.60. The summed E-state index contributed by atoms with van der Waals surface area (Å²) in [5.41, 5.74) is 0. The van der Waals surface area contributed by atoms with Crippen molar-refractivity contribution in [2.75, 3.05) is 32.8 Å². The number of nitrogens with zero attached hydrogens (tertiary/aromatic N) is 1. The van der Waals surface area contributed by atoms with Gasteiger partial charge in [-0.05, 0) is 50.5 Å². The molecule has 20 heavy (non-hydrogen) atoms. The average Bonchev–Trinajstić information content (AvgIpc) is 2.41. The van der Waals surface area contributed by atoms with Crippen LogP contribution < -0.4 is 5.32 Å². The molecule has 1 heterocycles. The van der Waals surface area contributed by atoms with Gasteiger partial charge in [-0.2, -0.15) is 0 Å². The van der Waals surface area contributed by atoms with Gasteiger partial charge in [-0.3, -0.25) is 4.90 Å². The Morgan fingerprint density at radius 1 is 1.30 bits per heavy atom. The number of nitrogens with one attached hydrogen (secondary N) is 1. The number of morpholine rings is 1. The van der Waals surface area contributed by atoms with Gasteiger partial charge in [0, 0.05) is 25.7 Å². The summed E-state index contributed by atoms with van der Waals surface area (Å²) in [6, 6.07) is 0.730. The van der Waals surface area contributed by atoms with Crippen molar-refractivity contribution in [2.24, 2.45) is 17.8 Å². The fraction of sp³-hybridized carbons (Fsp3) is 1.00. The molecule has 0 spiro atoms. The summed E-state index contributed by atoms with van der Waals surface area (Å²) >= 11 is 0. The molecule has 0 amide bonds. The van der Waals surface area contributed by atoms with Crippen molar-refractivity contribution in [2.45, 2.75) is 59.1 Å². The number of rotatable bonds is 5. The van der Waals surface area contributed by atoms with E-state index >= 15 is 0 Å². The molecule has 4 unspecified atom stereocenters. The third kappa shape index (κ3) is 4.44. The van der Waals surface area contributed by atoms with Crippen molar-refractivity contribution in [3.63, 3.8) is 0 Å². The topological polar surface area (TPSA) is 24.5 Å². The van der Waals surface area contributed by atoms with Crippen LogP contribution in [-0.2, 0) is 4.74 Å². The van der Waals surface area contributed by atoms with E-state index in [4.69, 9.17) is 4.74 Å². The van der Waals surface area contributed by atoms with Crippen LogP contribution in [0.1, 0.15) is 47.0 Å². The van der Waals surface area contributed by atoms with Crippen LogP contribution in [0.2, 0.25) is 0 Å². The Kier molecular flexibility index (Phi) is 6.31. The largest absolute Gasteiger partial charge is 0.376 e. The normalized spacial score (nSPS) is 36.5. The van der Waals surface area contributed by atoms with Gasteiger partial charge >= 0.3 is 0 Å². The van der Waals surface area contributed by atoms with Crippen molar-refractivity contribution in [1.82, 2.24) is 10.2 Å². The Balaban J connectivity index is 1.92. The first kappa shape index (κ1) is 16.3. The molecule has 4 atom stereocenters. The molecule has 0 aromatic carbocycles. The molecular formula is C17H34N2O. The molecule has 1 N–H and O–H groups in total. The van der Waals surface area contributed by atoms with Gasteiger partial charge in [-0.25, -0.2) is 0 Å². The van der Waals surface area contributed by atoms with Crippen LogP contribution in [0.5, 0.6) is 0 Å². The van der Waals surface area contributed by atoms with E-state index in [2.05, 4.69) is 37.9 Å². The maximum atomic E-state index is 5.67.